The van der Waals surface area contributed by atoms with E-state index in [9.17, 15) is 0 Å². The Balaban J connectivity index is 0.00000169. The topological polar surface area (TPSA) is 44.5 Å². The van der Waals surface area contributed by atoms with Gasteiger partial charge in [0.05, 0.1) is 24.3 Å². The smallest absolute Gasteiger partial charge is 0.141 e. The monoisotopic (exact) mass is 281 g/mol. The Morgan fingerprint density at radius 2 is 1.93 bits per heavy atom. The van der Waals surface area contributed by atoms with Crippen molar-refractivity contribution in [1.29, 1.82) is 0 Å². The molecule has 0 heterocycles. The summed E-state index contributed by atoms with van der Waals surface area (Å²) in [6, 6.07) is 3.73. The number of rotatable bonds is 3. The van der Waals surface area contributed by atoms with Gasteiger partial charge in [-0.25, -0.2) is 0 Å². The summed E-state index contributed by atoms with van der Waals surface area (Å²) in [7, 11) is 3.22. The summed E-state index contributed by atoms with van der Waals surface area (Å²) >= 11 is 3.38. The zero-order valence-corrected chi connectivity index (χ0v) is 10.4. The van der Waals surface area contributed by atoms with Crippen LogP contribution in [-0.4, -0.2) is 14.2 Å². The average Bonchev–Trinajstić information content (AvgIpc) is 2.17. The summed E-state index contributed by atoms with van der Waals surface area (Å²) in [5.41, 5.74) is 6.47. The standard InChI is InChI=1S/C9H12BrNO2.ClH/c1-12-8-4-3-7(10)9(13-2)6(8)5-11;/h3-4H,5,11H2,1-2H3;1H. The first kappa shape index (κ1) is 13.5. The lowest BCUT2D eigenvalue weighted by Crippen LogP contribution is -2.03. The zero-order chi connectivity index (χ0) is 9.84. The van der Waals surface area contributed by atoms with Crippen LogP contribution in [0.15, 0.2) is 16.6 Å². The molecule has 1 rings (SSSR count). The highest BCUT2D eigenvalue weighted by molar-refractivity contribution is 9.10. The number of benzene rings is 1. The lowest BCUT2D eigenvalue weighted by atomic mass is 10.2. The molecule has 0 saturated carbocycles. The minimum Gasteiger partial charge on any atom is -0.496 e. The van der Waals surface area contributed by atoms with Crippen molar-refractivity contribution in [3.05, 3.63) is 22.2 Å². The average molecular weight is 283 g/mol. The van der Waals surface area contributed by atoms with E-state index in [1.54, 1.807) is 14.2 Å². The van der Waals surface area contributed by atoms with E-state index < -0.39 is 0 Å². The highest BCUT2D eigenvalue weighted by atomic mass is 79.9. The van der Waals surface area contributed by atoms with Crippen molar-refractivity contribution in [3.63, 3.8) is 0 Å². The van der Waals surface area contributed by atoms with Gasteiger partial charge in [-0.2, -0.15) is 0 Å². The van der Waals surface area contributed by atoms with Crippen molar-refractivity contribution in [2.75, 3.05) is 14.2 Å². The fraction of sp³-hybridized carbons (Fsp3) is 0.333. The van der Waals surface area contributed by atoms with E-state index in [0.29, 0.717) is 6.54 Å². The van der Waals surface area contributed by atoms with Crippen molar-refractivity contribution in [3.8, 4) is 11.5 Å². The van der Waals surface area contributed by atoms with Crippen molar-refractivity contribution in [1.82, 2.24) is 0 Å². The lowest BCUT2D eigenvalue weighted by molar-refractivity contribution is 0.384. The third-order valence-electron chi connectivity index (χ3n) is 1.80. The Labute approximate surface area is 98.1 Å². The van der Waals surface area contributed by atoms with Crippen molar-refractivity contribution in [2.45, 2.75) is 6.54 Å². The van der Waals surface area contributed by atoms with E-state index in [-0.39, 0.29) is 12.4 Å². The van der Waals surface area contributed by atoms with Gasteiger partial charge in [-0.1, -0.05) is 0 Å². The maximum absolute atomic E-state index is 5.59. The van der Waals surface area contributed by atoms with Gasteiger partial charge in [-0.15, -0.1) is 12.4 Å². The summed E-state index contributed by atoms with van der Waals surface area (Å²) in [5, 5.41) is 0. The molecule has 0 fully saturated rings. The van der Waals surface area contributed by atoms with Crippen LogP contribution in [-0.2, 0) is 6.54 Å². The molecule has 3 nitrogen and oxygen atoms in total. The van der Waals surface area contributed by atoms with Gasteiger partial charge in [0.2, 0.25) is 0 Å². The Morgan fingerprint density at radius 3 is 2.36 bits per heavy atom. The van der Waals surface area contributed by atoms with E-state index in [2.05, 4.69) is 15.9 Å². The van der Waals surface area contributed by atoms with E-state index >= 15 is 0 Å². The largest absolute Gasteiger partial charge is 0.496 e. The molecule has 1 aromatic carbocycles. The summed E-state index contributed by atoms with van der Waals surface area (Å²) in [4.78, 5) is 0. The second-order valence-electron chi connectivity index (χ2n) is 2.47. The van der Waals surface area contributed by atoms with Crippen LogP contribution in [0.3, 0.4) is 0 Å². The van der Waals surface area contributed by atoms with Gasteiger partial charge >= 0.3 is 0 Å². The molecule has 0 bridgehead atoms. The molecule has 0 atom stereocenters. The Kier molecular flexibility index (Phi) is 5.92. The molecule has 0 aliphatic rings. The third-order valence-corrected chi connectivity index (χ3v) is 2.42. The molecule has 0 spiro atoms. The van der Waals surface area contributed by atoms with Gasteiger partial charge in [-0.3, -0.25) is 0 Å². The van der Waals surface area contributed by atoms with E-state index in [1.165, 1.54) is 0 Å². The van der Waals surface area contributed by atoms with Gasteiger partial charge in [0.25, 0.3) is 0 Å². The van der Waals surface area contributed by atoms with Crippen LogP contribution in [0.5, 0.6) is 11.5 Å². The van der Waals surface area contributed by atoms with Crippen LogP contribution in [0.25, 0.3) is 0 Å². The van der Waals surface area contributed by atoms with Crippen molar-refractivity contribution in [2.24, 2.45) is 5.73 Å². The molecule has 0 aromatic heterocycles. The zero-order valence-electron chi connectivity index (χ0n) is 8.04. The number of ether oxygens (including phenoxy) is 2. The summed E-state index contributed by atoms with van der Waals surface area (Å²) in [6.45, 7) is 0.395. The molecule has 5 heteroatoms. The molecule has 80 valence electrons. The first-order valence-corrected chi connectivity index (χ1v) is 4.63. The van der Waals surface area contributed by atoms with Crippen molar-refractivity contribution >= 4 is 28.3 Å². The third kappa shape index (κ3) is 2.53. The summed E-state index contributed by atoms with van der Waals surface area (Å²) in [6.07, 6.45) is 0. The maximum atomic E-state index is 5.59. The summed E-state index contributed by atoms with van der Waals surface area (Å²) < 4.78 is 11.2. The lowest BCUT2D eigenvalue weighted by Gasteiger charge is -2.12. The predicted octanol–water partition coefficient (Wildman–Crippen LogP) is 2.35. The van der Waals surface area contributed by atoms with Gasteiger partial charge in [-0.05, 0) is 28.1 Å². The second kappa shape index (κ2) is 6.11. The van der Waals surface area contributed by atoms with Crippen LogP contribution in [0.2, 0.25) is 0 Å². The molecule has 14 heavy (non-hydrogen) atoms. The van der Waals surface area contributed by atoms with Gasteiger partial charge in [0.1, 0.15) is 11.5 Å². The van der Waals surface area contributed by atoms with E-state index in [4.69, 9.17) is 15.2 Å². The molecule has 0 aliphatic heterocycles. The first-order chi connectivity index (χ1) is 6.24. The number of nitrogens with two attached hydrogens (primary N) is 1. The van der Waals surface area contributed by atoms with Crippen molar-refractivity contribution < 1.29 is 9.47 Å². The molecule has 0 unspecified atom stereocenters. The van der Waals surface area contributed by atoms with Gasteiger partial charge < -0.3 is 15.2 Å². The minimum atomic E-state index is 0. The Morgan fingerprint density at radius 1 is 1.29 bits per heavy atom. The minimum absolute atomic E-state index is 0. The fourth-order valence-electron chi connectivity index (χ4n) is 1.19. The highest BCUT2D eigenvalue weighted by Crippen LogP contribution is 2.34. The quantitative estimate of drug-likeness (QED) is 0.925. The number of halogens is 2. The highest BCUT2D eigenvalue weighted by Gasteiger charge is 2.11. The molecular weight excluding hydrogens is 269 g/mol. The normalized spacial score (nSPS) is 9.14. The molecule has 0 radical (unpaired) electrons. The van der Waals surface area contributed by atoms with Gasteiger partial charge in [0, 0.05) is 6.54 Å². The molecular formula is C9H13BrClNO2. The number of methoxy groups -OCH3 is 2. The molecule has 2 N–H and O–H groups in total. The van der Waals surface area contributed by atoms with Crippen LogP contribution in [0, 0.1) is 0 Å². The Hall–Kier alpha value is -0.450. The first-order valence-electron chi connectivity index (χ1n) is 3.84. The van der Waals surface area contributed by atoms with Crippen LogP contribution in [0.4, 0.5) is 0 Å². The molecule has 0 saturated heterocycles. The second-order valence-corrected chi connectivity index (χ2v) is 3.32. The number of hydrogen-bond acceptors (Lipinski definition) is 3. The summed E-state index contributed by atoms with van der Waals surface area (Å²) in [5.74, 6) is 1.49. The van der Waals surface area contributed by atoms with E-state index in [1.807, 2.05) is 12.1 Å². The Bertz CT molecular complexity index is 307. The fourth-order valence-corrected chi connectivity index (χ4v) is 1.72. The maximum Gasteiger partial charge on any atom is 0.141 e. The molecule has 0 aliphatic carbocycles. The molecule has 0 amide bonds. The molecule has 1 aromatic rings. The van der Waals surface area contributed by atoms with Crippen LogP contribution >= 0.6 is 28.3 Å². The van der Waals surface area contributed by atoms with Crippen LogP contribution < -0.4 is 15.2 Å². The predicted molar refractivity (Wildman–Crippen MR) is 62.4 cm³/mol. The SMILES string of the molecule is COc1ccc(Br)c(OC)c1CN.Cl. The van der Waals surface area contributed by atoms with Crippen LogP contribution in [0.1, 0.15) is 5.56 Å². The van der Waals surface area contributed by atoms with E-state index in [0.717, 1.165) is 21.5 Å². The number of hydrogen-bond donors (Lipinski definition) is 1. The van der Waals surface area contributed by atoms with Gasteiger partial charge in [0.15, 0.2) is 0 Å².